The lowest BCUT2D eigenvalue weighted by molar-refractivity contribution is -0.147. The number of nitrogens with zero attached hydrogens (tertiary/aromatic N) is 2. The third-order valence-corrected chi connectivity index (χ3v) is 4.77. The molecule has 2 unspecified atom stereocenters. The van der Waals surface area contributed by atoms with Crippen LogP contribution in [0.5, 0.6) is 0 Å². The SMILES string of the molecule is CCCNC(CN1CCN(C)CC1C)(C(=O)O)C1CC1. The van der Waals surface area contributed by atoms with E-state index in [1.54, 1.807) is 0 Å². The first kappa shape index (κ1) is 15.7. The molecule has 0 bridgehead atoms. The van der Waals surface area contributed by atoms with Crippen LogP contribution in [0.4, 0.5) is 0 Å². The number of carboxylic acids is 1. The zero-order valence-electron chi connectivity index (χ0n) is 13.1. The molecule has 1 heterocycles. The van der Waals surface area contributed by atoms with E-state index in [1.807, 2.05) is 0 Å². The van der Waals surface area contributed by atoms with Crippen LogP contribution in [0.1, 0.15) is 33.1 Å². The number of nitrogens with one attached hydrogen (secondary N) is 1. The normalized spacial score (nSPS) is 28.2. The maximum atomic E-state index is 12.0. The maximum absolute atomic E-state index is 12.0. The number of likely N-dealkylation sites (N-methyl/N-ethyl adjacent to an activating group) is 1. The Hall–Kier alpha value is -0.650. The lowest BCUT2D eigenvalue weighted by Gasteiger charge is -2.43. The fraction of sp³-hybridized carbons (Fsp3) is 0.933. The van der Waals surface area contributed by atoms with E-state index >= 15 is 0 Å². The van der Waals surface area contributed by atoms with Gasteiger partial charge in [-0.05, 0) is 45.7 Å². The number of hydrogen-bond acceptors (Lipinski definition) is 4. The topological polar surface area (TPSA) is 55.8 Å². The van der Waals surface area contributed by atoms with Gasteiger partial charge in [0, 0.05) is 32.2 Å². The van der Waals surface area contributed by atoms with Gasteiger partial charge in [0.15, 0.2) is 0 Å². The van der Waals surface area contributed by atoms with Crippen LogP contribution in [-0.2, 0) is 4.79 Å². The highest BCUT2D eigenvalue weighted by molar-refractivity contribution is 5.80. The number of rotatable bonds is 7. The van der Waals surface area contributed by atoms with Gasteiger partial charge in [-0.3, -0.25) is 9.69 Å². The van der Waals surface area contributed by atoms with Gasteiger partial charge in [0.2, 0.25) is 0 Å². The molecule has 5 nitrogen and oxygen atoms in total. The van der Waals surface area contributed by atoms with E-state index in [0.29, 0.717) is 18.5 Å². The monoisotopic (exact) mass is 283 g/mol. The fourth-order valence-corrected chi connectivity index (χ4v) is 3.30. The Morgan fingerprint density at radius 1 is 1.40 bits per heavy atom. The summed E-state index contributed by atoms with van der Waals surface area (Å²) in [5.41, 5.74) is -0.736. The molecule has 0 aromatic rings. The van der Waals surface area contributed by atoms with Crippen molar-refractivity contribution in [1.82, 2.24) is 15.1 Å². The number of hydrogen-bond donors (Lipinski definition) is 2. The molecule has 20 heavy (non-hydrogen) atoms. The minimum atomic E-state index is -0.736. The van der Waals surface area contributed by atoms with Crippen molar-refractivity contribution in [3.05, 3.63) is 0 Å². The van der Waals surface area contributed by atoms with Crippen molar-refractivity contribution >= 4 is 5.97 Å². The number of carbonyl (C=O) groups is 1. The molecule has 1 aliphatic heterocycles. The van der Waals surface area contributed by atoms with Gasteiger partial charge < -0.3 is 15.3 Å². The molecule has 1 aliphatic carbocycles. The molecule has 116 valence electrons. The zero-order chi connectivity index (χ0) is 14.8. The standard InChI is InChI=1S/C15H29N3O2/c1-4-7-16-15(14(19)20,13-5-6-13)11-18-9-8-17(3)10-12(18)2/h12-13,16H,4-11H2,1-3H3,(H,19,20). The first-order valence-electron chi connectivity index (χ1n) is 7.90. The van der Waals surface area contributed by atoms with E-state index in [4.69, 9.17) is 0 Å². The molecule has 1 saturated heterocycles. The molecule has 5 heteroatoms. The van der Waals surface area contributed by atoms with E-state index in [0.717, 1.165) is 45.4 Å². The van der Waals surface area contributed by atoms with Crippen molar-refractivity contribution < 1.29 is 9.90 Å². The number of aliphatic carboxylic acids is 1. The maximum Gasteiger partial charge on any atom is 0.325 e. The van der Waals surface area contributed by atoms with Gasteiger partial charge >= 0.3 is 5.97 Å². The van der Waals surface area contributed by atoms with Gasteiger partial charge in [-0.25, -0.2) is 0 Å². The van der Waals surface area contributed by atoms with Crippen molar-refractivity contribution in [3.63, 3.8) is 0 Å². The Bertz CT molecular complexity index is 346. The predicted molar refractivity (Wildman–Crippen MR) is 79.9 cm³/mol. The van der Waals surface area contributed by atoms with Gasteiger partial charge in [0.05, 0.1) is 0 Å². The van der Waals surface area contributed by atoms with Crippen LogP contribution < -0.4 is 5.32 Å². The summed E-state index contributed by atoms with van der Waals surface area (Å²) in [6.45, 7) is 8.73. The third-order valence-electron chi connectivity index (χ3n) is 4.77. The van der Waals surface area contributed by atoms with Gasteiger partial charge in [-0.15, -0.1) is 0 Å². The van der Waals surface area contributed by atoms with Crippen molar-refractivity contribution in [1.29, 1.82) is 0 Å². The molecular formula is C15H29N3O2. The molecule has 2 fully saturated rings. The summed E-state index contributed by atoms with van der Waals surface area (Å²) in [5, 5.41) is 13.2. The summed E-state index contributed by atoms with van der Waals surface area (Å²) < 4.78 is 0. The summed E-state index contributed by atoms with van der Waals surface area (Å²) in [6.07, 6.45) is 3.07. The first-order valence-corrected chi connectivity index (χ1v) is 7.90. The van der Waals surface area contributed by atoms with Crippen molar-refractivity contribution in [2.24, 2.45) is 5.92 Å². The van der Waals surface area contributed by atoms with E-state index in [9.17, 15) is 9.90 Å². The second kappa shape index (κ2) is 6.41. The van der Waals surface area contributed by atoms with Crippen molar-refractivity contribution in [2.75, 3.05) is 39.8 Å². The molecule has 0 aromatic carbocycles. The van der Waals surface area contributed by atoms with Crippen LogP contribution >= 0.6 is 0 Å². The zero-order valence-corrected chi connectivity index (χ0v) is 13.1. The highest BCUT2D eigenvalue weighted by Gasteiger charge is 2.52. The summed E-state index contributed by atoms with van der Waals surface area (Å²) in [5.74, 6) is -0.363. The average molecular weight is 283 g/mol. The Kier molecular flexibility index (Phi) is 5.04. The average Bonchev–Trinajstić information content (AvgIpc) is 3.21. The van der Waals surface area contributed by atoms with E-state index < -0.39 is 11.5 Å². The lowest BCUT2D eigenvalue weighted by atomic mass is 9.91. The summed E-state index contributed by atoms with van der Waals surface area (Å²) in [6, 6.07) is 0.426. The van der Waals surface area contributed by atoms with Crippen LogP contribution in [0, 0.1) is 5.92 Å². The first-order chi connectivity index (χ1) is 9.49. The molecule has 0 spiro atoms. The van der Waals surface area contributed by atoms with E-state index in [1.165, 1.54) is 0 Å². The van der Waals surface area contributed by atoms with E-state index in [2.05, 4.69) is 36.0 Å². The molecule has 2 aliphatic rings. The largest absolute Gasteiger partial charge is 0.480 e. The lowest BCUT2D eigenvalue weighted by Crippen LogP contribution is -2.64. The summed E-state index contributed by atoms with van der Waals surface area (Å²) in [7, 11) is 2.13. The fourth-order valence-electron chi connectivity index (χ4n) is 3.30. The van der Waals surface area contributed by atoms with Gasteiger partial charge in [-0.2, -0.15) is 0 Å². The Balaban J connectivity index is 2.08. The molecule has 0 aromatic heterocycles. The molecule has 0 radical (unpaired) electrons. The number of piperazine rings is 1. The Labute approximate surface area is 122 Å². The van der Waals surface area contributed by atoms with Crippen LogP contribution in [0.3, 0.4) is 0 Å². The highest BCUT2D eigenvalue weighted by Crippen LogP contribution is 2.41. The minimum absolute atomic E-state index is 0.304. The van der Waals surface area contributed by atoms with Gasteiger partial charge in [0.25, 0.3) is 0 Å². The van der Waals surface area contributed by atoms with Crippen LogP contribution in [0.2, 0.25) is 0 Å². The molecule has 2 rings (SSSR count). The second-order valence-corrected chi connectivity index (χ2v) is 6.56. The molecular weight excluding hydrogens is 254 g/mol. The van der Waals surface area contributed by atoms with Gasteiger partial charge in [-0.1, -0.05) is 6.92 Å². The highest BCUT2D eigenvalue weighted by atomic mass is 16.4. The van der Waals surface area contributed by atoms with Crippen LogP contribution in [-0.4, -0.2) is 72.2 Å². The summed E-state index contributed by atoms with van der Waals surface area (Å²) >= 11 is 0. The quantitative estimate of drug-likeness (QED) is 0.726. The van der Waals surface area contributed by atoms with Crippen LogP contribution in [0.25, 0.3) is 0 Å². The Morgan fingerprint density at radius 2 is 2.10 bits per heavy atom. The van der Waals surface area contributed by atoms with Gasteiger partial charge in [0.1, 0.15) is 5.54 Å². The number of carboxylic acid groups (broad SMARTS) is 1. The smallest absolute Gasteiger partial charge is 0.325 e. The van der Waals surface area contributed by atoms with Crippen molar-refractivity contribution in [2.45, 2.75) is 44.7 Å². The molecule has 2 N–H and O–H groups in total. The second-order valence-electron chi connectivity index (χ2n) is 6.56. The minimum Gasteiger partial charge on any atom is -0.480 e. The van der Waals surface area contributed by atoms with Crippen molar-refractivity contribution in [3.8, 4) is 0 Å². The van der Waals surface area contributed by atoms with Crippen LogP contribution in [0.15, 0.2) is 0 Å². The third kappa shape index (κ3) is 3.32. The molecule has 2 atom stereocenters. The molecule has 1 saturated carbocycles. The van der Waals surface area contributed by atoms with E-state index in [-0.39, 0.29) is 0 Å². The Morgan fingerprint density at radius 3 is 2.60 bits per heavy atom. The predicted octanol–water partition coefficient (Wildman–Crippen LogP) is 0.855. The summed E-state index contributed by atoms with van der Waals surface area (Å²) in [4.78, 5) is 16.6. The molecule has 0 amide bonds.